The first-order valence-corrected chi connectivity index (χ1v) is 7.21. The van der Waals surface area contributed by atoms with Crippen molar-refractivity contribution in [3.8, 4) is 0 Å². The van der Waals surface area contributed by atoms with Gasteiger partial charge in [0.15, 0.2) is 0 Å². The number of aromatic nitrogens is 2. The van der Waals surface area contributed by atoms with Crippen LogP contribution >= 0.6 is 0 Å². The number of hydrogen-bond donors (Lipinski definition) is 2. The number of sulfonamides is 1. The van der Waals surface area contributed by atoms with E-state index in [4.69, 9.17) is 0 Å². The molecular weight excluding hydrogens is 264 g/mol. The van der Waals surface area contributed by atoms with Crippen LogP contribution in [0.1, 0.15) is 0 Å². The van der Waals surface area contributed by atoms with Gasteiger partial charge in [-0.25, -0.2) is 18.1 Å². The molecule has 7 heteroatoms. The quantitative estimate of drug-likeness (QED) is 0.766. The van der Waals surface area contributed by atoms with Gasteiger partial charge in [-0.1, -0.05) is 6.07 Å². The summed E-state index contributed by atoms with van der Waals surface area (Å²) in [6.07, 6.45) is 4.51. The van der Waals surface area contributed by atoms with Crippen molar-refractivity contribution >= 4 is 15.8 Å². The summed E-state index contributed by atoms with van der Waals surface area (Å²) >= 11 is 0. The van der Waals surface area contributed by atoms with Gasteiger partial charge in [0.25, 0.3) is 0 Å². The Morgan fingerprint density at radius 1 is 1.05 bits per heavy atom. The van der Waals surface area contributed by atoms with Crippen molar-refractivity contribution in [3.05, 3.63) is 48.9 Å². The van der Waals surface area contributed by atoms with Gasteiger partial charge in [0.05, 0.1) is 0 Å². The highest BCUT2D eigenvalue weighted by atomic mass is 32.2. The molecule has 0 aromatic carbocycles. The number of anilines is 1. The lowest BCUT2D eigenvalue weighted by Crippen LogP contribution is -2.29. The molecule has 19 heavy (non-hydrogen) atoms. The Bertz CT molecular complexity index is 602. The highest BCUT2D eigenvalue weighted by Gasteiger charge is 2.12. The zero-order valence-electron chi connectivity index (χ0n) is 10.2. The molecule has 0 amide bonds. The summed E-state index contributed by atoms with van der Waals surface area (Å²) in [5.41, 5.74) is 0. The SMILES string of the molecule is O=S(=O)(NCCNc1ccccn1)c1cccnc1. The minimum absolute atomic E-state index is 0.160. The summed E-state index contributed by atoms with van der Waals surface area (Å²) in [6.45, 7) is 0.726. The Kier molecular flexibility index (Phi) is 4.43. The monoisotopic (exact) mass is 278 g/mol. The number of rotatable bonds is 6. The van der Waals surface area contributed by atoms with E-state index in [0.717, 1.165) is 0 Å². The smallest absolute Gasteiger partial charge is 0.242 e. The third kappa shape index (κ3) is 4.01. The molecule has 0 saturated heterocycles. The summed E-state index contributed by atoms with van der Waals surface area (Å²) in [6, 6.07) is 8.57. The van der Waals surface area contributed by atoms with E-state index in [0.29, 0.717) is 12.4 Å². The number of hydrogen-bond acceptors (Lipinski definition) is 5. The van der Waals surface area contributed by atoms with Crippen molar-refractivity contribution in [1.82, 2.24) is 14.7 Å². The van der Waals surface area contributed by atoms with Gasteiger partial charge in [0.2, 0.25) is 10.0 Å². The second kappa shape index (κ2) is 6.26. The molecule has 0 aliphatic heterocycles. The Morgan fingerprint density at radius 2 is 1.95 bits per heavy atom. The van der Waals surface area contributed by atoms with Crippen LogP contribution in [0.15, 0.2) is 53.8 Å². The van der Waals surface area contributed by atoms with Gasteiger partial charge in [-0.2, -0.15) is 0 Å². The van der Waals surface area contributed by atoms with Crippen molar-refractivity contribution in [2.24, 2.45) is 0 Å². The second-order valence-electron chi connectivity index (χ2n) is 3.73. The van der Waals surface area contributed by atoms with Gasteiger partial charge in [-0.05, 0) is 24.3 Å². The fourth-order valence-corrected chi connectivity index (χ4v) is 2.43. The molecule has 0 spiro atoms. The lowest BCUT2D eigenvalue weighted by Gasteiger charge is -2.07. The standard InChI is InChI=1S/C12H14N4O2S/c17-19(18,11-4-3-6-13-10-11)16-9-8-15-12-5-1-2-7-14-12/h1-7,10,16H,8-9H2,(H,14,15). The fraction of sp³-hybridized carbons (Fsp3) is 0.167. The van der Waals surface area contributed by atoms with E-state index in [1.54, 1.807) is 12.3 Å². The van der Waals surface area contributed by atoms with E-state index < -0.39 is 10.0 Å². The molecule has 100 valence electrons. The first kappa shape index (κ1) is 13.4. The van der Waals surface area contributed by atoms with E-state index in [2.05, 4.69) is 20.0 Å². The topological polar surface area (TPSA) is 84.0 Å². The number of nitrogens with zero attached hydrogens (tertiary/aromatic N) is 2. The Hall–Kier alpha value is -1.99. The van der Waals surface area contributed by atoms with E-state index in [1.165, 1.54) is 18.5 Å². The molecule has 6 nitrogen and oxygen atoms in total. The second-order valence-corrected chi connectivity index (χ2v) is 5.50. The third-order valence-electron chi connectivity index (χ3n) is 2.33. The van der Waals surface area contributed by atoms with Crippen LogP contribution in [0.2, 0.25) is 0 Å². The lowest BCUT2D eigenvalue weighted by molar-refractivity contribution is 0.582. The normalized spacial score (nSPS) is 11.2. The molecule has 0 saturated carbocycles. The summed E-state index contributed by atoms with van der Waals surface area (Å²) in [5.74, 6) is 0.711. The predicted octanol–water partition coefficient (Wildman–Crippen LogP) is 0.867. The molecule has 0 atom stereocenters. The molecular formula is C12H14N4O2S. The highest BCUT2D eigenvalue weighted by Crippen LogP contribution is 2.04. The first-order chi connectivity index (χ1) is 9.18. The van der Waals surface area contributed by atoms with Gasteiger partial charge < -0.3 is 5.32 Å². The van der Waals surface area contributed by atoms with Crippen LogP contribution in [0, 0.1) is 0 Å². The van der Waals surface area contributed by atoms with Crippen LogP contribution in [-0.2, 0) is 10.0 Å². The van der Waals surface area contributed by atoms with Crippen LogP contribution < -0.4 is 10.0 Å². The average Bonchev–Trinajstić information content (AvgIpc) is 2.46. The molecule has 0 aliphatic carbocycles. The maximum Gasteiger partial charge on any atom is 0.242 e. The predicted molar refractivity (Wildman–Crippen MR) is 72.2 cm³/mol. The molecule has 0 unspecified atom stereocenters. The number of nitrogens with one attached hydrogen (secondary N) is 2. The van der Waals surface area contributed by atoms with E-state index in [9.17, 15) is 8.42 Å². The van der Waals surface area contributed by atoms with E-state index in [1.807, 2.05) is 18.2 Å². The van der Waals surface area contributed by atoms with Gasteiger partial charge in [-0.3, -0.25) is 4.98 Å². The van der Waals surface area contributed by atoms with E-state index >= 15 is 0 Å². The first-order valence-electron chi connectivity index (χ1n) is 5.73. The molecule has 0 aliphatic rings. The van der Waals surface area contributed by atoms with Gasteiger partial charge in [0, 0.05) is 31.7 Å². The Labute approximate surface area is 112 Å². The zero-order chi connectivity index (χ0) is 13.6. The molecule has 2 N–H and O–H groups in total. The van der Waals surface area contributed by atoms with Gasteiger partial charge in [0.1, 0.15) is 10.7 Å². The molecule has 2 aromatic rings. The van der Waals surface area contributed by atoms with E-state index in [-0.39, 0.29) is 11.4 Å². The van der Waals surface area contributed by atoms with Gasteiger partial charge in [-0.15, -0.1) is 0 Å². The summed E-state index contributed by atoms with van der Waals surface area (Å²) < 4.78 is 26.2. The van der Waals surface area contributed by atoms with Crippen molar-refractivity contribution in [1.29, 1.82) is 0 Å². The minimum Gasteiger partial charge on any atom is -0.369 e. The lowest BCUT2D eigenvalue weighted by atomic mass is 10.4. The van der Waals surface area contributed by atoms with Crippen molar-refractivity contribution in [3.63, 3.8) is 0 Å². The maximum atomic E-state index is 11.8. The molecule has 0 bridgehead atoms. The summed E-state index contributed by atoms with van der Waals surface area (Å²) in [4.78, 5) is 8.01. The van der Waals surface area contributed by atoms with Crippen LogP contribution in [0.3, 0.4) is 0 Å². The largest absolute Gasteiger partial charge is 0.369 e. The van der Waals surface area contributed by atoms with Crippen molar-refractivity contribution < 1.29 is 8.42 Å². The third-order valence-corrected chi connectivity index (χ3v) is 3.78. The average molecular weight is 278 g/mol. The Balaban J connectivity index is 1.83. The van der Waals surface area contributed by atoms with Crippen LogP contribution in [0.25, 0.3) is 0 Å². The molecule has 2 heterocycles. The van der Waals surface area contributed by atoms with Crippen LogP contribution in [-0.4, -0.2) is 31.5 Å². The minimum atomic E-state index is -3.49. The maximum absolute atomic E-state index is 11.8. The molecule has 0 radical (unpaired) electrons. The van der Waals surface area contributed by atoms with Crippen molar-refractivity contribution in [2.75, 3.05) is 18.4 Å². The summed E-state index contributed by atoms with van der Waals surface area (Å²) in [5, 5.41) is 3.02. The summed E-state index contributed by atoms with van der Waals surface area (Å²) in [7, 11) is -3.49. The Morgan fingerprint density at radius 3 is 2.63 bits per heavy atom. The van der Waals surface area contributed by atoms with Crippen molar-refractivity contribution in [2.45, 2.75) is 4.90 Å². The molecule has 0 fully saturated rings. The molecule has 2 rings (SSSR count). The van der Waals surface area contributed by atoms with Crippen LogP contribution in [0.4, 0.5) is 5.82 Å². The van der Waals surface area contributed by atoms with Gasteiger partial charge >= 0.3 is 0 Å². The van der Waals surface area contributed by atoms with Crippen LogP contribution in [0.5, 0.6) is 0 Å². The number of pyridine rings is 2. The fourth-order valence-electron chi connectivity index (χ4n) is 1.43. The molecule has 2 aromatic heterocycles. The highest BCUT2D eigenvalue weighted by molar-refractivity contribution is 7.89. The zero-order valence-corrected chi connectivity index (χ0v) is 11.0.